The third-order valence-electron chi connectivity index (χ3n) is 3.93. The van der Waals surface area contributed by atoms with Crippen molar-refractivity contribution < 1.29 is 9.53 Å². The Kier molecular flexibility index (Phi) is 7.02. The first-order valence-corrected chi connectivity index (χ1v) is 8.42. The number of aliphatic imine (C=N–C) groups is 1. The first-order chi connectivity index (χ1) is 12.5. The number of hydrogen-bond acceptors (Lipinski definition) is 3. The molecule has 0 heterocycles. The van der Waals surface area contributed by atoms with E-state index in [0.29, 0.717) is 24.6 Å². The van der Waals surface area contributed by atoms with Gasteiger partial charge in [-0.3, -0.25) is 9.79 Å². The summed E-state index contributed by atoms with van der Waals surface area (Å²) in [7, 11) is 6.89. The number of rotatable bonds is 6. The van der Waals surface area contributed by atoms with E-state index in [1.165, 1.54) is 0 Å². The summed E-state index contributed by atoms with van der Waals surface area (Å²) in [5.41, 5.74) is 2.81. The molecule has 0 aromatic heterocycles. The second-order valence-electron chi connectivity index (χ2n) is 5.99. The summed E-state index contributed by atoms with van der Waals surface area (Å²) < 4.78 is 5.36. The van der Waals surface area contributed by atoms with Crippen LogP contribution in [0.3, 0.4) is 0 Å². The number of amides is 1. The molecule has 6 heteroatoms. The van der Waals surface area contributed by atoms with E-state index in [4.69, 9.17) is 4.74 Å². The Morgan fingerprint density at radius 3 is 2.31 bits per heavy atom. The van der Waals surface area contributed by atoms with Gasteiger partial charge in [0.05, 0.1) is 7.11 Å². The van der Waals surface area contributed by atoms with Gasteiger partial charge >= 0.3 is 0 Å². The molecule has 0 spiro atoms. The maximum atomic E-state index is 11.9. The molecule has 0 unspecified atom stereocenters. The van der Waals surface area contributed by atoms with Gasteiger partial charge in [-0.05, 0) is 23.8 Å². The van der Waals surface area contributed by atoms with Gasteiger partial charge in [-0.15, -0.1) is 0 Å². The molecule has 6 nitrogen and oxygen atoms in total. The van der Waals surface area contributed by atoms with Crippen molar-refractivity contribution in [1.29, 1.82) is 0 Å². The van der Waals surface area contributed by atoms with E-state index < -0.39 is 0 Å². The Balaban J connectivity index is 1.90. The third kappa shape index (κ3) is 5.24. The predicted octanol–water partition coefficient (Wildman–Crippen LogP) is 2.26. The van der Waals surface area contributed by atoms with Gasteiger partial charge < -0.3 is 20.3 Å². The van der Waals surface area contributed by atoms with Crippen LogP contribution >= 0.6 is 0 Å². The van der Waals surface area contributed by atoms with E-state index in [2.05, 4.69) is 15.6 Å². The fraction of sp³-hybridized carbons (Fsp3) is 0.300. The number of ether oxygens (including phenoxy) is 1. The molecule has 0 aliphatic rings. The van der Waals surface area contributed by atoms with Crippen LogP contribution in [0.25, 0.3) is 0 Å². The quantitative estimate of drug-likeness (QED) is 0.617. The summed E-state index contributed by atoms with van der Waals surface area (Å²) in [6, 6.07) is 15.4. The average molecular weight is 354 g/mol. The number of nitrogens with zero attached hydrogens (tertiary/aromatic N) is 2. The van der Waals surface area contributed by atoms with Crippen LogP contribution in [-0.2, 0) is 13.1 Å². The van der Waals surface area contributed by atoms with Gasteiger partial charge in [0.1, 0.15) is 5.75 Å². The van der Waals surface area contributed by atoms with Crippen molar-refractivity contribution in [2.24, 2.45) is 4.99 Å². The molecule has 0 aliphatic carbocycles. The zero-order valence-corrected chi connectivity index (χ0v) is 15.7. The molecule has 0 saturated heterocycles. The van der Waals surface area contributed by atoms with Crippen molar-refractivity contribution in [3.05, 3.63) is 65.2 Å². The van der Waals surface area contributed by atoms with Gasteiger partial charge in [0, 0.05) is 45.4 Å². The van der Waals surface area contributed by atoms with Gasteiger partial charge in [-0.25, -0.2) is 0 Å². The zero-order valence-electron chi connectivity index (χ0n) is 15.7. The molecule has 2 rings (SSSR count). The molecule has 26 heavy (non-hydrogen) atoms. The van der Waals surface area contributed by atoms with E-state index in [1.807, 2.05) is 48.5 Å². The molecule has 0 aliphatic heterocycles. The Hall–Kier alpha value is -3.02. The number of methoxy groups -OCH3 is 1. The highest BCUT2D eigenvalue weighted by Crippen LogP contribution is 2.16. The summed E-state index contributed by atoms with van der Waals surface area (Å²) in [6.07, 6.45) is 0. The molecular weight excluding hydrogens is 328 g/mol. The number of para-hydroxylation sites is 1. The fourth-order valence-corrected chi connectivity index (χ4v) is 2.46. The lowest BCUT2D eigenvalue weighted by Crippen LogP contribution is -2.36. The van der Waals surface area contributed by atoms with E-state index >= 15 is 0 Å². The van der Waals surface area contributed by atoms with Crippen LogP contribution in [0.5, 0.6) is 5.75 Å². The molecule has 2 aromatic rings. The van der Waals surface area contributed by atoms with E-state index in [0.717, 1.165) is 16.9 Å². The topological polar surface area (TPSA) is 66.0 Å². The Morgan fingerprint density at radius 1 is 1.04 bits per heavy atom. The highest BCUT2D eigenvalue weighted by molar-refractivity contribution is 5.93. The minimum absolute atomic E-state index is 0.00112. The van der Waals surface area contributed by atoms with Gasteiger partial charge in [-0.1, -0.05) is 30.3 Å². The average Bonchev–Trinajstić information content (AvgIpc) is 2.68. The molecule has 0 bridgehead atoms. The summed E-state index contributed by atoms with van der Waals surface area (Å²) in [4.78, 5) is 17.7. The second kappa shape index (κ2) is 9.46. The van der Waals surface area contributed by atoms with Crippen molar-refractivity contribution >= 4 is 11.9 Å². The maximum absolute atomic E-state index is 11.9. The Labute approximate surface area is 154 Å². The zero-order chi connectivity index (χ0) is 18.9. The number of guanidine groups is 1. The van der Waals surface area contributed by atoms with Crippen LogP contribution in [-0.4, -0.2) is 45.0 Å². The number of carbonyl (C=O) groups excluding carboxylic acids is 1. The standard InChI is InChI=1S/C20H26N4O2/c1-21-20(23-14-17-7-5-6-8-18(17)26-4)22-13-15-9-11-16(12-10-15)19(25)24(2)3/h5-12H,13-14H2,1-4H3,(H2,21,22,23). The molecular formula is C20H26N4O2. The second-order valence-corrected chi connectivity index (χ2v) is 5.99. The summed E-state index contributed by atoms with van der Waals surface area (Å²) in [5.74, 6) is 1.54. The minimum atomic E-state index is -0.00112. The minimum Gasteiger partial charge on any atom is -0.496 e. The molecule has 2 N–H and O–H groups in total. The SMILES string of the molecule is CN=C(NCc1ccc(C(=O)N(C)C)cc1)NCc1ccccc1OC. The fourth-order valence-electron chi connectivity index (χ4n) is 2.46. The lowest BCUT2D eigenvalue weighted by Gasteiger charge is -2.14. The monoisotopic (exact) mass is 354 g/mol. The van der Waals surface area contributed by atoms with Crippen molar-refractivity contribution in [3.63, 3.8) is 0 Å². The van der Waals surface area contributed by atoms with E-state index in [9.17, 15) is 4.79 Å². The van der Waals surface area contributed by atoms with Crippen molar-refractivity contribution in [3.8, 4) is 5.75 Å². The summed E-state index contributed by atoms with van der Waals surface area (Å²) >= 11 is 0. The molecule has 0 fully saturated rings. The Morgan fingerprint density at radius 2 is 1.69 bits per heavy atom. The normalized spacial score (nSPS) is 11.0. The molecule has 2 aromatic carbocycles. The van der Waals surface area contributed by atoms with E-state index in [1.54, 1.807) is 33.2 Å². The number of hydrogen-bond donors (Lipinski definition) is 2. The molecule has 0 atom stereocenters. The highest BCUT2D eigenvalue weighted by atomic mass is 16.5. The summed E-state index contributed by atoms with van der Waals surface area (Å²) in [6.45, 7) is 1.22. The molecule has 1 amide bonds. The Bertz CT molecular complexity index is 755. The van der Waals surface area contributed by atoms with Crippen molar-refractivity contribution in [2.75, 3.05) is 28.3 Å². The molecule has 0 saturated carbocycles. The lowest BCUT2D eigenvalue weighted by molar-refractivity contribution is 0.0827. The first-order valence-electron chi connectivity index (χ1n) is 8.42. The van der Waals surface area contributed by atoms with Gasteiger partial charge in [0.25, 0.3) is 5.91 Å². The number of nitrogens with one attached hydrogen (secondary N) is 2. The number of benzene rings is 2. The van der Waals surface area contributed by atoms with Crippen LogP contribution in [0.15, 0.2) is 53.5 Å². The van der Waals surface area contributed by atoms with E-state index in [-0.39, 0.29) is 5.91 Å². The maximum Gasteiger partial charge on any atom is 0.253 e. The third-order valence-corrected chi connectivity index (χ3v) is 3.93. The molecule has 0 radical (unpaired) electrons. The van der Waals surface area contributed by atoms with Crippen molar-refractivity contribution in [2.45, 2.75) is 13.1 Å². The van der Waals surface area contributed by atoms with Crippen LogP contribution < -0.4 is 15.4 Å². The van der Waals surface area contributed by atoms with Crippen molar-refractivity contribution in [1.82, 2.24) is 15.5 Å². The van der Waals surface area contributed by atoms with Gasteiger partial charge in [0.2, 0.25) is 0 Å². The predicted molar refractivity (Wildman–Crippen MR) is 104 cm³/mol. The van der Waals surface area contributed by atoms with Crippen LogP contribution in [0.2, 0.25) is 0 Å². The smallest absolute Gasteiger partial charge is 0.253 e. The molecule has 138 valence electrons. The first kappa shape index (κ1) is 19.3. The lowest BCUT2D eigenvalue weighted by atomic mass is 10.1. The largest absolute Gasteiger partial charge is 0.496 e. The van der Waals surface area contributed by atoms with Crippen LogP contribution in [0.4, 0.5) is 0 Å². The van der Waals surface area contributed by atoms with Crippen LogP contribution in [0.1, 0.15) is 21.5 Å². The highest BCUT2D eigenvalue weighted by Gasteiger charge is 2.07. The number of carbonyl (C=O) groups is 1. The van der Waals surface area contributed by atoms with Gasteiger partial charge in [-0.2, -0.15) is 0 Å². The summed E-state index contributed by atoms with van der Waals surface area (Å²) in [5, 5.41) is 6.54. The van der Waals surface area contributed by atoms with Gasteiger partial charge in [0.15, 0.2) is 5.96 Å². The van der Waals surface area contributed by atoms with Crippen LogP contribution in [0, 0.1) is 0 Å².